The molecule has 0 atom stereocenters. The molecule has 0 radical (unpaired) electrons. The van der Waals surface area contributed by atoms with Gasteiger partial charge in [-0.2, -0.15) is 13.2 Å². The predicted octanol–water partition coefficient (Wildman–Crippen LogP) is 2.67. The number of carbonyl (C=O) groups is 1. The Hall–Kier alpha value is -0.740. The molecule has 0 aliphatic heterocycles. The SMILES string of the molecule is O=C(CCC1CC1)OCCC(F)(F)F. The van der Waals surface area contributed by atoms with Gasteiger partial charge in [0, 0.05) is 6.42 Å². The van der Waals surface area contributed by atoms with E-state index in [1.54, 1.807) is 0 Å². The third-order valence-corrected chi connectivity index (χ3v) is 2.10. The maximum Gasteiger partial charge on any atom is 0.392 e. The van der Waals surface area contributed by atoms with Crippen LogP contribution in [0.15, 0.2) is 0 Å². The molecule has 0 amide bonds. The molecule has 0 unspecified atom stereocenters. The molecular weight excluding hydrogens is 197 g/mol. The zero-order valence-electron chi connectivity index (χ0n) is 7.77. The molecule has 0 aromatic rings. The molecule has 0 aromatic heterocycles. The molecule has 5 heteroatoms. The molecule has 0 heterocycles. The van der Waals surface area contributed by atoms with Crippen LogP contribution in [0.5, 0.6) is 0 Å². The van der Waals surface area contributed by atoms with E-state index in [9.17, 15) is 18.0 Å². The van der Waals surface area contributed by atoms with Crippen LogP contribution in [-0.2, 0) is 9.53 Å². The summed E-state index contributed by atoms with van der Waals surface area (Å²) in [5, 5.41) is 0. The van der Waals surface area contributed by atoms with Crippen LogP contribution in [0.2, 0.25) is 0 Å². The Bertz CT molecular complexity index is 197. The first-order valence-corrected chi connectivity index (χ1v) is 4.70. The highest BCUT2D eigenvalue weighted by Crippen LogP contribution is 2.33. The van der Waals surface area contributed by atoms with E-state index in [4.69, 9.17) is 0 Å². The van der Waals surface area contributed by atoms with Crippen LogP contribution in [0.1, 0.15) is 32.1 Å². The lowest BCUT2D eigenvalue weighted by molar-refractivity contribution is -0.159. The van der Waals surface area contributed by atoms with E-state index in [0.29, 0.717) is 5.92 Å². The number of ether oxygens (including phenoxy) is 1. The molecule has 1 saturated carbocycles. The number of rotatable bonds is 5. The van der Waals surface area contributed by atoms with Crippen molar-refractivity contribution >= 4 is 5.97 Å². The molecule has 0 bridgehead atoms. The van der Waals surface area contributed by atoms with Crippen molar-refractivity contribution in [2.75, 3.05) is 6.61 Å². The summed E-state index contributed by atoms with van der Waals surface area (Å²) in [6, 6.07) is 0. The van der Waals surface area contributed by atoms with Crippen LogP contribution in [0.4, 0.5) is 13.2 Å². The van der Waals surface area contributed by atoms with Gasteiger partial charge in [-0.05, 0) is 12.3 Å². The summed E-state index contributed by atoms with van der Waals surface area (Å²) in [5.74, 6) is 0.0892. The van der Waals surface area contributed by atoms with Crippen LogP contribution in [0.3, 0.4) is 0 Å². The standard InChI is InChI=1S/C9H13F3O2/c10-9(11,12)5-6-14-8(13)4-3-7-1-2-7/h7H,1-6H2. The Morgan fingerprint density at radius 3 is 2.50 bits per heavy atom. The lowest BCUT2D eigenvalue weighted by Crippen LogP contribution is -2.14. The quantitative estimate of drug-likeness (QED) is 0.652. The fourth-order valence-corrected chi connectivity index (χ4v) is 1.08. The molecule has 82 valence electrons. The van der Waals surface area contributed by atoms with Crippen LogP contribution < -0.4 is 0 Å². The van der Waals surface area contributed by atoms with Gasteiger partial charge in [0.15, 0.2) is 0 Å². The Morgan fingerprint density at radius 1 is 1.36 bits per heavy atom. The number of esters is 1. The maximum absolute atomic E-state index is 11.6. The Morgan fingerprint density at radius 2 is 2.00 bits per heavy atom. The number of carbonyl (C=O) groups excluding carboxylic acids is 1. The van der Waals surface area contributed by atoms with Gasteiger partial charge in [-0.3, -0.25) is 4.79 Å². The summed E-state index contributed by atoms with van der Waals surface area (Å²) >= 11 is 0. The van der Waals surface area contributed by atoms with E-state index in [-0.39, 0.29) is 6.42 Å². The Balaban J connectivity index is 1.96. The molecule has 2 nitrogen and oxygen atoms in total. The van der Waals surface area contributed by atoms with Crippen LogP contribution in [0.25, 0.3) is 0 Å². The van der Waals surface area contributed by atoms with Crippen LogP contribution in [-0.4, -0.2) is 18.8 Å². The summed E-state index contributed by atoms with van der Waals surface area (Å²) in [6.07, 6.45) is -2.02. The van der Waals surface area contributed by atoms with Crippen molar-refractivity contribution in [3.63, 3.8) is 0 Å². The van der Waals surface area contributed by atoms with Crippen molar-refractivity contribution in [1.82, 2.24) is 0 Å². The molecule has 1 rings (SSSR count). The number of hydrogen-bond donors (Lipinski definition) is 0. The van der Waals surface area contributed by atoms with Gasteiger partial charge in [0.2, 0.25) is 0 Å². The van der Waals surface area contributed by atoms with Gasteiger partial charge in [0.1, 0.15) is 0 Å². The molecule has 0 spiro atoms. The predicted molar refractivity (Wildman–Crippen MR) is 43.6 cm³/mol. The average Bonchev–Trinajstić information content (AvgIpc) is 2.81. The number of hydrogen-bond acceptors (Lipinski definition) is 2. The van der Waals surface area contributed by atoms with Crippen LogP contribution in [0, 0.1) is 5.92 Å². The van der Waals surface area contributed by atoms with E-state index in [0.717, 1.165) is 19.3 Å². The van der Waals surface area contributed by atoms with Crippen LogP contribution >= 0.6 is 0 Å². The van der Waals surface area contributed by atoms with Crippen molar-refractivity contribution in [3.8, 4) is 0 Å². The maximum atomic E-state index is 11.6. The lowest BCUT2D eigenvalue weighted by Gasteiger charge is -2.06. The van der Waals surface area contributed by atoms with Gasteiger partial charge in [-0.25, -0.2) is 0 Å². The van der Waals surface area contributed by atoms with Gasteiger partial charge in [-0.15, -0.1) is 0 Å². The fourth-order valence-electron chi connectivity index (χ4n) is 1.08. The Labute approximate surface area is 80.4 Å². The topological polar surface area (TPSA) is 26.3 Å². The van der Waals surface area contributed by atoms with Crippen molar-refractivity contribution in [2.45, 2.75) is 38.3 Å². The third kappa shape index (κ3) is 5.83. The van der Waals surface area contributed by atoms with E-state index >= 15 is 0 Å². The highest BCUT2D eigenvalue weighted by atomic mass is 19.4. The molecule has 0 N–H and O–H groups in total. The molecular formula is C9H13F3O2. The van der Waals surface area contributed by atoms with Gasteiger partial charge in [0.25, 0.3) is 0 Å². The second-order valence-corrected chi connectivity index (χ2v) is 3.57. The van der Waals surface area contributed by atoms with E-state index in [2.05, 4.69) is 4.74 Å². The normalized spacial score (nSPS) is 16.8. The zero-order chi connectivity index (χ0) is 10.6. The molecule has 0 saturated heterocycles. The van der Waals surface area contributed by atoms with Crippen molar-refractivity contribution < 1.29 is 22.7 Å². The fraction of sp³-hybridized carbons (Fsp3) is 0.889. The van der Waals surface area contributed by atoms with E-state index < -0.39 is 25.2 Å². The van der Waals surface area contributed by atoms with Gasteiger partial charge >= 0.3 is 12.1 Å². The van der Waals surface area contributed by atoms with Crippen molar-refractivity contribution in [3.05, 3.63) is 0 Å². The first-order chi connectivity index (χ1) is 6.47. The molecule has 1 aliphatic rings. The summed E-state index contributed by atoms with van der Waals surface area (Å²) in [6.45, 7) is -0.549. The van der Waals surface area contributed by atoms with E-state index in [1.807, 2.05) is 0 Å². The smallest absolute Gasteiger partial charge is 0.392 e. The first-order valence-electron chi connectivity index (χ1n) is 4.70. The summed E-state index contributed by atoms with van der Waals surface area (Å²) in [4.78, 5) is 10.9. The summed E-state index contributed by atoms with van der Waals surface area (Å²) in [7, 11) is 0. The molecule has 1 aliphatic carbocycles. The Kier molecular flexibility index (Phi) is 3.77. The highest BCUT2D eigenvalue weighted by molar-refractivity contribution is 5.69. The summed E-state index contributed by atoms with van der Waals surface area (Å²) < 4.78 is 39.4. The minimum Gasteiger partial charge on any atom is -0.465 e. The van der Waals surface area contributed by atoms with Gasteiger partial charge in [-0.1, -0.05) is 12.8 Å². The second kappa shape index (κ2) is 4.66. The number of halogens is 3. The monoisotopic (exact) mass is 210 g/mol. The molecule has 14 heavy (non-hydrogen) atoms. The lowest BCUT2D eigenvalue weighted by atomic mass is 10.2. The van der Waals surface area contributed by atoms with Crippen molar-refractivity contribution in [1.29, 1.82) is 0 Å². The van der Waals surface area contributed by atoms with Crippen molar-refractivity contribution in [2.24, 2.45) is 5.92 Å². The largest absolute Gasteiger partial charge is 0.465 e. The second-order valence-electron chi connectivity index (χ2n) is 3.57. The molecule has 0 aromatic carbocycles. The summed E-state index contributed by atoms with van der Waals surface area (Å²) in [5.41, 5.74) is 0. The van der Waals surface area contributed by atoms with E-state index in [1.165, 1.54) is 0 Å². The third-order valence-electron chi connectivity index (χ3n) is 2.10. The first kappa shape index (κ1) is 11.3. The van der Waals surface area contributed by atoms with Gasteiger partial charge < -0.3 is 4.74 Å². The zero-order valence-corrected chi connectivity index (χ0v) is 7.77. The minimum atomic E-state index is -4.24. The minimum absolute atomic E-state index is 0.253. The number of alkyl halides is 3. The highest BCUT2D eigenvalue weighted by Gasteiger charge is 2.27. The average molecular weight is 210 g/mol. The van der Waals surface area contributed by atoms with Gasteiger partial charge in [0.05, 0.1) is 13.0 Å². The molecule has 1 fully saturated rings.